The van der Waals surface area contributed by atoms with Gasteiger partial charge in [-0.3, -0.25) is 0 Å². The summed E-state index contributed by atoms with van der Waals surface area (Å²) in [5, 5.41) is 3.78. The third-order valence-electron chi connectivity index (χ3n) is 3.22. The quantitative estimate of drug-likeness (QED) is 0.870. The Hall–Kier alpha value is -1.93. The number of hydrogen-bond acceptors (Lipinski definition) is 5. The summed E-state index contributed by atoms with van der Waals surface area (Å²) in [5.41, 5.74) is 6.80. The molecule has 114 valence electrons. The molecule has 2 aromatic rings. The zero-order chi connectivity index (χ0) is 15.8. The molecule has 6 nitrogen and oxygen atoms in total. The molecule has 0 bridgehead atoms. The summed E-state index contributed by atoms with van der Waals surface area (Å²) < 4.78 is 44.1. The van der Waals surface area contributed by atoms with Gasteiger partial charge in [-0.25, -0.2) is 12.8 Å². The second-order valence-corrected chi connectivity index (χ2v) is 6.76. The van der Waals surface area contributed by atoms with Gasteiger partial charge in [-0.15, -0.1) is 0 Å². The SMILES string of the molecule is Cc1noc(C)c1CN(C)S(=O)(=O)c1ccc(F)cc1N. The van der Waals surface area contributed by atoms with Crippen molar-refractivity contribution in [2.45, 2.75) is 25.3 Å². The van der Waals surface area contributed by atoms with Crippen LogP contribution in [0.15, 0.2) is 27.6 Å². The second-order valence-electron chi connectivity index (χ2n) is 4.75. The summed E-state index contributed by atoms with van der Waals surface area (Å²) in [5.74, 6) is -0.0264. The number of sulfonamides is 1. The number of aryl methyl sites for hydroxylation is 2. The lowest BCUT2D eigenvalue weighted by molar-refractivity contribution is 0.390. The smallest absolute Gasteiger partial charge is 0.245 e. The normalized spacial score (nSPS) is 12.0. The van der Waals surface area contributed by atoms with Crippen molar-refractivity contribution in [3.05, 3.63) is 41.0 Å². The fourth-order valence-electron chi connectivity index (χ4n) is 1.96. The largest absolute Gasteiger partial charge is 0.398 e. The Morgan fingerprint density at radius 3 is 2.57 bits per heavy atom. The average Bonchev–Trinajstić information content (AvgIpc) is 2.70. The lowest BCUT2D eigenvalue weighted by Crippen LogP contribution is -2.27. The first-order chi connectivity index (χ1) is 9.73. The van der Waals surface area contributed by atoms with Crippen LogP contribution in [0.25, 0.3) is 0 Å². The van der Waals surface area contributed by atoms with E-state index in [1.807, 2.05) is 0 Å². The Labute approximate surface area is 122 Å². The molecule has 0 amide bonds. The molecule has 0 saturated carbocycles. The van der Waals surface area contributed by atoms with Crippen LogP contribution in [0.3, 0.4) is 0 Å². The molecule has 1 aromatic heterocycles. The van der Waals surface area contributed by atoms with Crippen LogP contribution < -0.4 is 5.73 Å². The standard InChI is InChI=1S/C13H16FN3O3S/c1-8-11(9(2)20-16-8)7-17(3)21(18,19)13-5-4-10(14)6-12(13)15/h4-6H,7,15H2,1-3H3. The molecule has 0 aliphatic carbocycles. The highest BCUT2D eigenvalue weighted by Crippen LogP contribution is 2.24. The molecular weight excluding hydrogens is 297 g/mol. The number of nitrogens with two attached hydrogens (primary N) is 1. The second kappa shape index (κ2) is 5.45. The van der Waals surface area contributed by atoms with Gasteiger partial charge in [-0.1, -0.05) is 5.16 Å². The molecule has 0 aliphatic rings. The molecule has 0 unspecified atom stereocenters. The lowest BCUT2D eigenvalue weighted by Gasteiger charge is -2.18. The lowest BCUT2D eigenvalue weighted by atomic mass is 10.2. The summed E-state index contributed by atoms with van der Waals surface area (Å²) in [7, 11) is -2.40. The van der Waals surface area contributed by atoms with Gasteiger partial charge in [0.2, 0.25) is 10.0 Å². The minimum absolute atomic E-state index is 0.0975. The summed E-state index contributed by atoms with van der Waals surface area (Å²) >= 11 is 0. The molecule has 21 heavy (non-hydrogen) atoms. The fourth-order valence-corrected chi connectivity index (χ4v) is 3.19. The van der Waals surface area contributed by atoms with Crippen LogP contribution >= 0.6 is 0 Å². The summed E-state index contributed by atoms with van der Waals surface area (Å²) in [4.78, 5) is -0.127. The number of benzene rings is 1. The Kier molecular flexibility index (Phi) is 4.02. The molecule has 1 heterocycles. The maximum Gasteiger partial charge on any atom is 0.245 e. The van der Waals surface area contributed by atoms with E-state index in [2.05, 4.69) is 5.16 Å². The van der Waals surface area contributed by atoms with E-state index >= 15 is 0 Å². The van der Waals surface area contributed by atoms with E-state index in [0.717, 1.165) is 22.5 Å². The average molecular weight is 313 g/mol. The van der Waals surface area contributed by atoms with Gasteiger partial charge in [0.25, 0.3) is 0 Å². The molecule has 0 radical (unpaired) electrons. The Morgan fingerprint density at radius 1 is 1.38 bits per heavy atom. The minimum Gasteiger partial charge on any atom is -0.398 e. The number of halogens is 1. The molecule has 0 saturated heterocycles. The molecule has 0 atom stereocenters. The van der Waals surface area contributed by atoms with E-state index < -0.39 is 15.8 Å². The first-order valence-corrected chi connectivity index (χ1v) is 7.60. The van der Waals surface area contributed by atoms with Crippen molar-refractivity contribution in [2.75, 3.05) is 12.8 Å². The third-order valence-corrected chi connectivity index (χ3v) is 5.10. The van der Waals surface area contributed by atoms with Crippen LogP contribution in [0.4, 0.5) is 10.1 Å². The molecule has 8 heteroatoms. The molecule has 0 fully saturated rings. The van der Waals surface area contributed by atoms with E-state index in [9.17, 15) is 12.8 Å². The van der Waals surface area contributed by atoms with Crippen molar-refractivity contribution in [3.63, 3.8) is 0 Å². The van der Waals surface area contributed by atoms with Crippen LogP contribution in [0.5, 0.6) is 0 Å². The molecule has 0 aliphatic heterocycles. The van der Waals surface area contributed by atoms with Crippen molar-refractivity contribution >= 4 is 15.7 Å². The van der Waals surface area contributed by atoms with Crippen molar-refractivity contribution in [1.29, 1.82) is 0 Å². The molecule has 2 rings (SSSR count). The van der Waals surface area contributed by atoms with Crippen LogP contribution in [0.2, 0.25) is 0 Å². The van der Waals surface area contributed by atoms with Crippen molar-refractivity contribution in [2.24, 2.45) is 0 Å². The van der Waals surface area contributed by atoms with Gasteiger partial charge in [0.1, 0.15) is 16.5 Å². The predicted octanol–water partition coefficient (Wildman–Crippen LogP) is 1.83. The van der Waals surface area contributed by atoms with E-state index in [0.29, 0.717) is 17.0 Å². The minimum atomic E-state index is -3.82. The van der Waals surface area contributed by atoms with E-state index in [1.54, 1.807) is 13.8 Å². The number of hydrogen-bond donors (Lipinski definition) is 1. The molecule has 2 N–H and O–H groups in total. The number of aromatic nitrogens is 1. The van der Waals surface area contributed by atoms with Crippen LogP contribution in [0, 0.1) is 19.7 Å². The highest BCUT2D eigenvalue weighted by Gasteiger charge is 2.25. The topological polar surface area (TPSA) is 89.4 Å². The van der Waals surface area contributed by atoms with Gasteiger partial charge in [0.15, 0.2) is 0 Å². The molecule has 1 aromatic carbocycles. The maximum absolute atomic E-state index is 13.0. The molecule has 0 spiro atoms. The van der Waals surface area contributed by atoms with Gasteiger partial charge in [-0.05, 0) is 32.0 Å². The van der Waals surface area contributed by atoms with E-state index in [1.165, 1.54) is 7.05 Å². The van der Waals surface area contributed by atoms with Gasteiger partial charge >= 0.3 is 0 Å². The summed E-state index contributed by atoms with van der Waals surface area (Å²) in [6.45, 7) is 3.54. The van der Waals surface area contributed by atoms with E-state index in [-0.39, 0.29) is 17.1 Å². The fraction of sp³-hybridized carbons (Fsp3) is 0.308. The monoisotopic (exact) mass is 313 g/mol. The summed E-state index contributed by atoms with van der Waals surface area (Å²) in [6, 6.07) is 3.20. The third kappa shape index (κ3) is 2.91. The Bertz CT molecular complexity index is 751. The number of rotatable bonds is 4. The van der Waals surface area contributed by atoms with Gasteiger partial charge in [0.05, 0.1) is 11.4 Å². The zero-order valence-corrected chi connectivity index (χ0v) is 12.7. The first kappa shape index (κ1) is 15.5. The summed E-state index contributed by atoms with van der Waals surface area (Å²) in [6.07, 6.45) is 0. The Balaban J connectivity index is 2.35. The first-order valence-electron chi connectivity index (χ1n) is 6.16. The maximum atomic E-state index is 13.0. The zero-order valence-electron chi connectivity index (χ0n) is 11.9. The molecular formula is C13H16FN3O3S. The van der Waals surface area contributed by atoms with Crippen molar-refractivity contribution in [3.8, 4) is 0 Å². The Morgan fingerprint density at radius 2 is 2.05 bits per heavy atom. The number of nitrogen functional groups attached to an aromatic ring is 1. The van der Waals surface area contributed by atoms with Crippen LogP contribution in [0.1, 0.15) is 17.0 Å². The van der Waals surface area contributed by atoms with Crippen LogP contribution in [-0.2, 0) is 16.6 Å². The van der Waals surface area contributed by atoms with Crippen LogP contribution in [-0.4, -0.2) is 24.9 Å². The van der Waals surface area contributed by atoms with Gasteiger partial charge in [0, 0.05) is 19.2 Å². The number of nitrogens with zero attached hydrogens (tertiary/aromatic N) is 2. The highest BCUT2D eigenvalue weighted by atomic mass is 32.2. The highest BCUT2D eigenvalue weighted by molar-refractivity contribution is 7.89. The van der Waals surface area contributed by atoms with Crippen molar-refractivity contribution in [1.82, 2.24) is 9.46 Å². The van der Waals surface area contributed by atoms with Crippen molar-refractivity contribution < 1.29 is 17.3 Å². The predicted molar refractivity (Wildman–Crippen MR) is 75.4 cm³/mol. The van der Waals surface area contributed by atoms with E-state index in [4.69, 9.17) is 10.3 Å². The van der Waals surface area contributed by atoms with Gasteiger partial charge < -0.3 is 10.3 Å². The number of anilines is 1. The van der Waals surface area contributed by atoms with Gasteiger partial charge in [-0.2, -0.15) is 4.31 Å².